The Morgan fingerprint density at radius 3 is 2.03 bits per heavy atom. The van der Waals surface area contributed by atoms with Gasteiger partial charge in [-0.3, -0.25) is 0 Å². The van der Waals surface area contributed by atoms with Crippen LogP contribution in [-0.4, -0.2) is 18.5 Å². The predicted octanol–water partition coefficient (Wildman–Crippen LogP) is 8.84. The molecular weight excluding hydrogens is 480 g/mol. The maximum absolute atomic E-state index is 14.8. The highest BCUT2D eigenvalue weighted by Crippen LogP contribution is 2.42. The van der Waals surface area contributed by atoms with Gasteiger partial charge in [-0.1, -0.05) is 31.0 Å². The summed E-state index contributed by atoms with van der Waals surface area (Å²) in [5.74, 6) is -2.12. The molecule has 182 valence electrons. The summed E-state index contributed by atoms with van der Waals surface area (Å²) in [6.07, 6.45) is -11.1. The summed E-state index contributed by atoms with van der Waals surface area (Å²) in [6, 6.07) is 4.96. The molecule has 0 aromatic heterocycles. The van der Waals surface area contributed by atoms with Crippen molar-refractivity contribution in [2.45, 2.75) is 63.4 Å². The van der Waals surface area contributed by atoms with E-state index in [1.165, 1.54) is 12.1 Å². The minimum Gasteiger partial charge on any atom is -0.429 e. The molecule has 0 N–H and O–H groups in total. The van der Waals surface area contributed by atoms with E-state index < -0.39 is 46.4 Å². The summed E-state index contributed by atoms with van der Waals surface area (Å²) in [4.78, 5) is 0. The van der Waals surface area contributed by atoms with Crippen molar-refractivity contribution in [1.82, 2.24) is 0 Å². The molecule has 1 unspecified atom stereocenters. The molecule has 1 saturated carbocycles. The van der Waals surface area contributed by atoms with E-state index >= 15 is 0 Å². The molecule has 0 saturated heterocycles. The molecule has 0 radical (unpaired) electrons. The first-order valence-electron chi connectivity index (χ1n) is 10.4. The van der Waals surface area contributed by atoms with Crippen molar-refractivity contribution in [1.29, 1.82) is 0 Å². The second kappa shape index (κ2) is 9.68. The van der Waals surface area contributed by atoms with Crippen LogP contribution >= 0.6 is 11.6 Å². The van der Waals surface area contributed by atoms with Crippen LogP contribution < -0.4 is 4.74 Å². The number of halogens is 9. The van der Waals surface area contributed by atoms with Gasteiger partial charge in [-0.25, -0.2) is 13.2 Å². The average Bonchev–Trinajstić information content (AvgIpc) is 2.74. The van der Waals surface area contributed by atoms with Gasteiger partial charge in [-0.15, -0.1) is 0 Å². The molecule has 2 aromatic rings. The second-order valence-electron chi connectivity index (χ2n) is 8.20. The van der Waals surface area contributed by atoms with Crippen molar-refractivity contribution in [3.05, 3.63) is 52.6 Å². The van der Waals surface area contributed by atoms with Gasteiger partial charge in [0.25, 0.3) is 6.17 Å². The Kier molecular flexibility index (Phi) is 7.51. The van der Waals surface area contributed by atoms with Crippen molar-refractivity contribution >= 4 is 11.6 Å². The molecule has 33 heavy (non-hydrogen) atoms. The van der Waals surface area contributed by atoms with E-state index in [4.69, 9.17) is 11.6 Å². The first-order valence-corrected chi connectivity index (χ1v) is 10.8. The normalized spacial score (nSPS) is 20.5. The third kappa shape index (κ3) is 5.73. The van der Waals surface area contributed by atoms with Gasteiger partial charge in [0.05, 0.1) is 10.6 Å². The third-order valence-electron chi connectivity index (χ3n) is 6.01. The summed E-state index contributed by atoms with van der Waals surface area (Å²) in [5, 5.41) is -0.665. The standard InChI is InChI=1S/C23H21ClF8O/c1-2-12-3-5-13(6-4-12)15-10-17(25)20(18(26)11-15)14-7-8-19(16(24)9-14)33-23(31,32)21(27)22(28,29)30/h7-13,21H,2-6H2,1H3. The van der Waals surface area contributed by atoms with Crippen molar-refractivity contribution in [2.24, 2.45) is 5.92 Å². The zero-order valence-corrected chi connectivity index (χ0v) is 18.2. The van der Waals surface area contributed by atoms with Crippen molar-refractivity contribution < 1.29 is 39.9 Å². The fourth-order valence-corrected chi connectivity index (χ4v) is 4.36. The van der Waals surface area contributed by atoms with Gasteiger partial charge in [0.2, 0.25) is 0 Å². The summed E-state index contributed by atoms with van der Waals surface area (Å²) in [6.45, 7) is 2.11. The molecule has 0 amide bonds. The first kappa shape index (κ1) is 25.6. The maximum atomic E-state index is 14.8. The smallest absolute Gasteiger partial charge is 0.429 e. The molecule has 0 heterocycles. The predicted molar refractivity (Wildman–Crippen MR) is 108 cm³/mol. The Labute approximate surface area is 190 Å². The highest BCUT2D eigenvalue weighted by Gasteiger charge is 2.59. The van der Waals surface area contributed by atoms with Crippen LogP contribution in [0, 0.1) is 17.6 Å². The molecule has 1 atom stereocenters. The Morgan fingerprint density at radius 2 is 1.55 bits per heavy atom. The van der Waals surface area contributed by atoms with Crippen LogP contribution in [0.15, 0.2) is 30.3 Å². The summed E-state index contributed by atoms with van der Waals surface area (Å²) in [5.41, 5.74) is -0.0884. The van der Waals surface area contributed by atoms with Crippen molar-refractivity contribution in [2.75, 3.05) is 0 Å². The topological polar surface area (TPSA) is 9.23 Å². The molecule has 1 nitrogen and oxygen atoms in total. The summed E-state index contributed by atoms with van der Waals surface area (Å²) < 4.78 is 110. The minimum atomic E-state index is -5.86. The van der Waals surface area contributed by atoms with E-state index in [1.54, 1.807) is 0 Å². The third-order valence-corrected chi connectivity index (χ3v) is 6.30. The van der Waals surface area contributed by atoms with Crippen molar-refractivity contribution in [3.63, 3.8) is 0 Å². The van der Waals surface area contributed by atoms with Crippen LogP contribution in [0.2, 0.25) is 5.02 Å². The zero-order valence-electron chi connectivity index (χ0n) is 17.5. The maximum Gasteiger partial charge on any atom is 0.439 e. The van der Waals surface area contributed by atoms with E-state index in [0.717, 1.165) is 44.2 Å². The van der Waals surface area contributed by atoms with E-state index in [2.05, 4.69) is 11.7 Å². The Morgan fingerprint density at radius 1 is 0.970 bits per heavy atom. The number of hydrogen-bond acceptors (Lipinski definition) is 1. The lowest BCUT2D eigenvalue weighted by atomic mass is 9.77. The molecule has 1 aliphatic carbocycles. The number of benzene rings is 2. The van der Waals surface area contributed by atoms with E-state index in [1.807, 2.05) is 0 Å². The quantitative estimate of drug-likeness (QED) is 0.360. The molecule has 2 aromatic carbocycles. The average molecular weight is 501 g/mol. The SMILES string of the molecule is CCC1CCC(c2cc(F)c(-c3ccc(OC(F)(F)C(F)C(F)(F)F)c(Cl)c3)c(F)c2)CC1. The Bertz CT molecular complexity index is 960. The van der Waals surface area contributed by atoms with E-state index in [0.29, 0.717) is 17.5 Å². The van der Waals surface area contributed by atoms with Crippen LogP contribution in [0.25, 0.3) is 11.1 Å². The number of alkyl halides is 6. The zero-order chi connectivity index (χ0) is 24.6. The molecule has 1 fully saturated rings. The number of hydrogen-bond donors (Lipinski definition) is 0. The van der Waals surface area contributed by atoms with Gasteiger partial charge in [-0.05, 0) is 72.9 Å². The van der Waals surface area contributed by atoms with Gasteiger partial charge in [0.15, 0.2) is 0 Å². The molecule has 0 spiro atoms. The van der Waals surface area contributed by atoms with Gasteiger partial charge in [0, 0.05) is 0 Å². The minimum absolute atomic E-state index is 0.0229. The highest BCUT2D eigenvalue weighted by molar-refractivity contribution is 6.32. The molecule has 0 bridgehead atoms. The Hall–Kier alpha value is -2.03. The molecule has 10 heteroatoms. The highest BCUT2D eigenvalue weighted by atomic mass is 35.5. The molecule has 0 aliphatic heterocycles. The number of ether oxygens (including phenoxy) is 1. The van der Waals surface area contributed by atoms with Crippen LogP contribution in [0.4, 0.5) is 35.1 Å². The van der Waals surface area contributed by atoms with Gasteiger partial charge >= 0.3 is 12.3 Å². The largest absolute Gasteiger partial charge is 0.439 e. The van der Waals surface area contributed by atoms with Crippen LogP contribution in [0.3, 0.4) is 0 Å². The van der Waals surface area contributed by atoms with Crippen molar-refractivity contribution in [3.8, 4) is 16.9 Å². The van der Waals surface area contributed by atoms with Gasteiger partial charge in [0.1, 0.15) is 17.4 Å². The van der Waals surface area contributed by atoms with E-state index in [-0.39, 0.29) is 11.5 Å². The van der Waals surface area contributed by atoms with Crippen LogP contribution in [0.5, 0.6) is 5.75 Å². The Balaban J connectivity index is 1.83. The van der Waals surface area contributed by atoms with Crippen LogP contribution in [0.1, 0.15) is 50.5 Å². The lowest BCUT2D eigenvalue weighted by Crippen LogP contribution is -2.45. The molecule has 3 rings (SSSR count). The first-order chi connectivity index (χ1) is 15.3. The summed E-state index contributed by atoms with van der Waals surface area (Å²) >= 11 is 5.78. The molecule has 1 aliphatic rings. The monoisotopic (exact) mass is 500 g/mol. The number of rotatable bonds is 6. The lowest BCUT2D eigenvalue weighted by Gasteiger charge is -2.28. The van der Waals surface area contributed by atoms with Gasteiger partial charge in [-0.2, -0.15) is 22.0 Å². The van der Waals surface area contributed by atoms with E-state index in [9.17, 15) is 35.1 Å². The fourth-order valence-electron chi connectivity index (χ4n) is 4.14. The van der Waals surface area contributed by atoms with Crippen LogP contribution in [-0.2, 0) is 0 Å². The molecular formula is C23H21ClF8O. The van der Waals surface area contributed by atoms with Gasteiger partial charge < -0.3 is 4.74 Å². The second-order valence-corrected chi connectivity index (χ2v) is 8.61. The fraction of sp³-hybridized carbons (Fsp3) is 0.478. The lowest BCUT2D eigenvalue weighted by molar-refractivity contribution is -0.304. The summed E-state index contributed by atoms with van der Waals surface area (Å²) in [7, 11) is 0.